The molecule has 11 heavy (non-hydrogen) atoms. The van der Waals surface area contributed by atoms with E-state index in [4.69, 9.17) is 5.73 Å². The molecule has 1 rings (SSSR count). The summed E-state index contributed by atoms with van der Waals surface area (Å²) in [5, 5.41) is 0. The highest BCUT2D eigenvalue weighted by Crippen LogP contribution is 2.30. The first kappa shape index (κ1) is 8.05. The van der Waals surface area contributed by atoms with Gasteiger partial charge in [0.05, 0.1) is 0 Å². The molecule has 2 heteroatoms. The fraction of sp³-hybridized carbons (Fsp3) is 0.444. The van der Waals surface area contributed by atoms with Crippen molar-refractivity contribution in [1.29, 1.82) is 0 Å². The van der Waals surface area contributed by atoms with Crippen LogP contribution < -0.4 is 5.73 Å². The third-order valence-corrected chi connectivity index (χ3v) is 1.86. The molecule has 0 aromatic carbocycles. The molecule has 1 aliphatic rings. The highest BCUT2D eigenvalue weighted by atomic mass is 16.1. The number of hydrogen-bond acceptors (Lipinski definition) is 2. The molecule has 0 spiro atoms. The molecule has 0 aromatic rings. The van der Waals surface area contributed by atoms with E-state index in [0.29, 0.717) is 11.3 Å². The van der Waals surface area contributed by atoms with Gasteiger partial charge in [-0.25, -0.2) is 0 Å². The number of carbonyl (C=O) groups excluding carboxylic acids is 1. The van der Waals surface area contributed by atoms with E-state index >= 15 is 0 Å². The van der Waals surface area contributed by atoms with Crippen molar-refractivity contribution in [3.8, 4) is 0 Å². The normalized spacial score (nSPS) is 22.0. The molecule has 0 atom stereocenters. The maximum Gasteiger partial charge on any atom is 0.151 e. The zero-order valence-electron chi connectivity index (χ0n) is 6.92. The van der Waals surface area contributed by atoms with Crippen LogP contribution in [0.1, 0.15) is 20.3 Å². The minimum absolute atomic E-state index is 0.108. The summed E-state index contributed by atoms with van der Waals surface area (Å²) in [6.07, 6.45) is 5.40. The van der Waals surface area contributed by atoms with Crippen LogP contribution in [0.5, 0.6) is 0 Å². The monoisotopic (exact) mass is 151 g/mol. The van der Waals surface area contributed by atoms with Crippen molar-refractivity contribution in [2.24, 2.45) is 11.1 Å². The van der Waals surface area contributed by atoms with Crippen LogP contribution in [-0.4, -0.2) is 6.29 Å². The van der Waals surface area contributed by atoms with Crippen molar-refractivity contribution < 1.29 is 4.79 Å². The lowest BCUT2D eigenvalue weighted by molar-refractivity contribution is -0.104. The van der Waals surface area contributed by atoms with Crippen LogP contribution in [0.15, 0.2) is 23.4 Å². The Morgan fingerprint density at radius 3 is 2.73 bits per heavy atom. The maximum atomic E-state index is 10.4. The Morgan fingerprint density at radius 1 is 1.64 bits per heavy atom. The van der Waals surface area contributed by atoms with E-state index in [9.17, 15) is 4.79 Å². The summed E-state index contributed by atoms with van der Waals surface area (Å²) >= 11 is 0. The van der Waals surface area contributed by atoms with E-state index in [1.807, 2.05) is 6.08 Å². The van der Waals surface area contributed by atoms with Crippen LogP contribution in [0.25, 0.3) is 0 Å². The molecule has 0 unspecified atom stereocenters. The Bertz CT molecular complexity index is 236. The lowest BCUT2D eigenvalue weighted by Crippen LogP contribution is -2.18. The molecule has 0 aromatic heterocycles. The van der Waals surface area contributed by atoms with Crippen LogP contribution in [0.2, 0.25) is 0 Å². The smallest absolute Gasteiger partial charge is 0.151 e. The average molecular weight is 151 g/mol. The summed E-state index contributed by atoms with van der Waals surface area (Å²) in [6, 6.07) is 0. The largest absolute Gasteiger partial charge is 0.401 e. The summed E-state index contributed by atoms with van der Waals surface area (Å²) in [5.41, 5.74) is 7.10. The lowest BCUT2D eigenvalue weighted by atomic mass is 9.82. The Morgan fingerprint density at radius 2 is 2.27 bits per heavy atom. The first-order chi connectivity index (χ1) is 5.05. The molecule has 0 saturated carbocycles. The highest BCUT2D eigenvalue weighted by molar-refractivity contribution is 5.79. The Kier molecular flexibility index (Phi) is 1.85. The first-order valence-electron chi connectivity index (χ1n) is 3.68. The van der Waals surface area contributed by atoms with Crippen molar-refractivity contribution in [2.75, 3.05) is 0 Å². The molecule has 0 bridgehead atoms. The Balaban J connectivity index is 2.91. The molecular weight excluding hydrogens is 138 g/mol. The van der Waals surface area contributed by atoms with Crippen LogP contribution in [0, 0.1) is 5.41 Å². The quantitative estimate of drug-likeness (QED) is 0.575. The number of nitrogens with two attached hydrogens (primary N) is 1. The summed E-state index contributed by atoms with van der Waals surface area (Å²) in [7, 11) is 0. The van der Waals surface area contributed by atoms with Crippen LogP contribution in [-0.2, 0) is 4.79 Å². The molecule has 0 radical (unpaired) electrons. The van der Waals surface area contributed by atoms with Gasteiger partial charge in [-0.3, -0.25) is 4.79 Å². The van der Waals surface area contributed by atoms with E-state index in [0.717, 1.165) is 12.7 Å². The zero-order chi connectivity index (χ0) is 8.48. The molecule has 1 aliphatic carbocycles. The SMILES string of the molecule is CC1(C)C=CC(C=O)=C(N)C1. The summed E-state index contributed by atoms with van der Waals surface area (Å²) in [6.45, 7) is 4.19. The fourth-order valence-corrected chi connectivity index (χ4v) is 1.19. The minimum atomic E-state index is 0.108. The van der Waals surface area contributed by atoms with E-state index in [1.165, 1.54) is 0 Å². The average Bonchev–Trinajstić information content (AvgIpc) is 1.86. The zero-order valence-corrected chi connectivity index (χ0v) is 6.92. The van der Waals surface area contributed by atoms with Gasteiger partial charge in [-0.2, -0.15) is 0 Å². The topological polar surface area (TPSA) is 43.1 Å². The lowest BCUT2D eigenvalue weighted by Gasteiger charge is -2.24. The van der Waals surface area contributed by atoms with Crippen molar-refractivity contribution in [3.05, 3.63) is 23.4 Å². The summed E-state index contributed by atoms with van der Waals surface area (Å²) < 4.78 is 0. The van der Waals surface area contributed by atoms with E-state index in [2.05, 4.69) is 13.8 Å². The third kappa shape index (κ3) is 1.70. The van der Waals surface area contributed by atoms with Crippen molar-refractivity contribution >= 4 is 6.29 Å². The second-order valence-electron chi connectivity index (χ2n) is 3.60. The number of hydrogen-bond donors (Lipinski definition) is 1. The van der Waals surface area contributed by atoms with Gasteiger partial charge in [-0.1, -0.05) is 26.0 Å². The van der Waals surface area contributed by atoms with Gasteiger partial charge in [0, 0.05) is 11.3 Å². The number of rotatable bonds is 1. The van der Waals surface area contributed by atoms with Gasteiger partial charge >= 0.3 is 0 Å². The van der Waals surface area contributed by atoms with Crippen molar-refractivity contribution in [2.45, 2.75) is 20.3 Å². The molecule has 2 N–H and O–H groups in total. The molecule has 0 fully saturated rings. The first-order valence-corrected chi connectivity index (χ1v) is 3.68. The number of aldehydes is 1. The van der Waals surface area contributed by atoms with E-state index in [-0.39, 0.29) is 5.41 Å². The van der Waals surface area contributed by atoms with Crippen LogP contribution in [0.3, 0.4) is 0 Å². The molecule has 0 heterocycles. The van der Waals surface area contributed by atoms with E-state index in [1.54, 1.807) is 6.08 Å². The fourth-order valence-electron chi connectivity index (χ4n) is 1.19. The molecular formula is C9H13NO. The highest BCUT2D eigenvalue weighted by Gasteiger charge is 2.20. The van der Waals surface area contributed by atoms with Gasteiger partial charge in [-0.15, -0.1) is 0 Å². The van der Waals surface area contributed by atoms with Gasteiger partial charge in [0.1, 0.15) is 0 Å². The number of allylic oxidation sites excluding steroid dienone is 4. The Labute approximate surface area is 66.8 Å². The van der Waals surface area contributed by atoms with Crippen molar-refractivity contribution in [1.82, 2.24) is 0 Å². The van der Waals surface area contributed by atoms with Gasteiger partial charge in [0.2, 0.25) is 0 Å². The summed E-state index contributed by atoms with van der Waals surface area (Å²) in [5.74, 6) is 0. The second kappa shape index (κ2) is 2.53. The Hall–Kier alpha value is -1.05. The van der Waals surface area contributed by atoms with Crippen LogP contribution in [0.4, 0.5) is 0 Å². The third-order valence-electron chi connectivity index (χ3n) is 1.86. The van der Waals surface area contributed by atoms with Crippen molar-refractivity contribution in [3.63, 3.8) is 0 Å². The van der Waals surface area contributed by atoms with Gasteiger partial charge in [0.25, 0.3) is 0 Å². The predicted molar refractivity (Wildman–Crippen MR) is 44.8 cm³/mol. The molecule has 0 saturated heterocycles. The minimum Gasteiger partial charge on any atom is -0.401 e. The standard InChI is InChI=1S/C9H13NO/c1-9(2)4-3-7(6-11)8(10)5-9/h3-4,6H,5,10H2,1-2H3. The molecule has 2 nitrogen and oxygen atoms in total. The molecule has 0 aliphatic heterocycles. The van der Waals surface area contributed by atoms with Gasteiger partial charge in [0.15, 0.2) is 6.29 Å². The van der Waals surface area contributed by atoms with Crippen LogP contribution >= 0.6 is 0 Å². The molecule has 60 valence electrons. The van der Waals surface area contributed by atoms with Gasteiger partial charge < -0.3 is 5.73 Å². The second-order valence-corrected chi connectivity index (χ2v) is 3.60. The van der Waals surface area contributed by atoms with Gasteiger partial charge in [-0.05, 0) is 11.8 Å². The molecule has 0 amide bonds. The number of carbonyl (C=O) groups is 1. The van der Waals surface area contributed by atoms with E-state index < -0.39 is 0 Å². The summed E-state index contributed by atoms with van der Waals surface area (Å²) in [4.78, 5) is 10.4. The maximum absolute atomic E-state index is 10.4. The predicted octanol–water partition coefficient (Wildman–Crippen LogP) is 1.38.